The fourth-order valence-corrected chi connectivity index (χ4v) is 2.53. The molecule has 0 radical (unpaired) electrons. The van der Waals surface area contributed by atoms with Crippen LogP contribution in [0.4, 0.5) is 0 Å². The van der Waals surface area contributed by atoms with Gasteiger partial charge < -0.3 is 4.74 Å². The number of nitrogen functional groups attached to an aromatic ring is 1. The van der Waals surface area contributed by atoms with Crippen molar-refractivity contribution >= 4 is 28.1 Å². The van der Waals surface area contributed by atoms with Gasteiger partial charge in [0.05, 0.1) is 17.4 Å². The standard InChI is InChI=1S/C14H12N4O2S/c15-18-13(19)14-17-10(8-21-14)7-20-11-5-9-3-1-2-4-12(9)16-6-11/h1-6,8H,7,15H2,(H,18,19). The van der Waals surface area contributed by atoms with Gasteiger partial charge in [0.2, 0.25) is 0 Å². The largest absolute Gasteiger partial charge is 0.486 e. The molecule has 0 bridgehead atoms. The van der Waals surface area contributed by atoms with Crippen molar-refractivity contribution in [2.45, 2.75) is 6.61 Å². The van der Waals surface area contributed by atoms with E-state index in [1.807, 2.05) is 35.8 Å². The molecule has 3 N–H and O–H groups in total. The molecule has 0 spiro atoms. The van der Waals surface area contributed by atoms with E-state index >= 15 is 0 Å². The monoisotopic (exact) mass is 300 g/mol. The van der Waals surface area contributed by atoms with Crippen LogP contribution < -0.4 is 16.0 Å². The second-order valence-electron chi connectivity index (χ2n) is 4.27. The predicted octanol–water partition coefficient (Wildman–Crippen LogP) is 1.87. The van der Waals surface area contributed by atoms with Crippen molar-refractivity contribution in [1.82, 2.24) is 15.4 Å². The highest BCUT2D eigenvalue weighted by atomic mass is 32.1. The fraction of sp³-hybridized carbons (Fsp3) is 0.0714. The van der Waals surface area contributed by atoms with Crippen LogP contribution in [-0.4, -0.2) is 15.9 Å². The molecule has 3 rings (SSSR count). The second-order valence-corrected chi connectivity index (χ2v) is 5.13. The molecule has 0 unspecified atom stereocenters. The number of rotatable bonds is 4. The molecule has 0 saturated heterocycles. The van der Waals surface area contributed by atoms with Crippen LogP contribution in [0.3, 0.4) is 0 Å². The number of aromatic nitrogens is 2. The Bertz CT molecular complexity index is 787. The summed E-state index contributed by atoms with van der Waals surface area (Å²) in [5.74, 6) is 5.31. The minimum Gasteiger partial charge on any atom is -0.486 e. The molecule has 2 heterocycles. The zero-order valence-corrected chi connectivity index (χ0v) is 11.8. The van der Waals surface area contributed by atoms with E-state index in [9.17, 15) is 4.79 Å². The lowest BCUT2D eigenvalue weighted by Gasteiger charge is -2.05. The van der Waals surface area contributed by atoms with Crippen LogP contribution in [0.2, 0.25) is 0 Å². The second kappa shape index (κ2) is 5.86. The lowest BCUT2D eigenvalue weighted by atomic mass is 10.2. The summed E-state index contributed by atoms with van der Waals surface area (Å²) < 4.78 is 5.65. The molecule has 2 aromatic heterocycles. The van der Waals surface area contributed by atoms with Gasteiger partial charge in [-0.05, 0) is 12.1 Å². The number of thiazole rings is 1. The number of hydrogen-bond donors (Lipinski definition) is 2. The van der Waals surface area contributed by atoms with Crippen LogP contribution in [-0.2, 0) is 6.61 Å². The summed E-state index contributed by atoms with van der Waals surface area (Å²) in [6.45, 7) is 0.272. The number of amides is 1. The van der Waals surface area contributed by atoms with Crippen LogP contribution in [0, 0.1) is 0 Å². The summed E-state index contributed by atoms with van der Waals surface area (Å²) in [6, 6.07) is 9.72. The maximum atomic E-state index is 11.3. The van der Waals surface area contributed by atoms with Crippen LogP contribution in [0.1, 0.15) is 15.5 Å². The average Bonchev–Trinajstić information content (AvgIpc) is 3.01. The van der Waals surface area contributed by atoms with Crippen LogP contribution in [0.25, 0.3) is 10.9 Å². The van der Waals surface area contributed by atoms with Gasteiger partial charge in [0, 0.05) is 10.8 Å². The molecule has 1 amide bonds. The van der Waals surface area contributed by atoms with Gasteiger partial charge in [-0.1, -0.05) is 18.2 Å². The SMILES string of the molecule is NNC(=O)c1nc(COc2cnc3ccccc3c2)cs1. The van der Waals surface area contributed by atoms with Gasteiger partial charge in [-0.15, -0.1) is 11.3 Å². The van der Waals surface area contributed by atoms with E-state index < -0.39 is 5.91 Å². The Kier molecular flexibility index (Phi) is 3.76. The number of para-hydroxylation sites is 1. The highest BCUT2D eigenvalue weighted by molar-refractivity contribution is 7.11. The van der Waals surface area contributed by atoms with Crippen LogP contribution in [0.15, 0.2) is 41.9 Å². The number of nitrogens with two attached hydrogens (primary N) is 1. The Labute approximate surface area is 124 Å². The Morgan fingerprint density at radius 1 is 1.38 bits per heavy atom. The highest BCUT2D eigenvalue weighted by Gasteiger charge is 2.09. The van der Waals surface area contributed by atoms with Gasteiger partial charge >= 0.3 is 0 Å². The Balaban J connectivity index is 1.71. The maximum absolute atomic E-state index is 11.3. The molecule has 1 aromatic carbocycles. The van der Waals surface area contributed by atoms with E-state index in [2.05, 4.69) is 9.97 Å². The zero-order valence-electron chi connectivity index (χ0n) is 10.9. The van der Waals surface area contributed by atoms with E-state index in [1.54, 1.807) is 11.6 Å². The number of hydrazine groups is 1. The third kappa shape index (κ3) is 2.99. The molecule has 106 valence electrons. The molecule has 0 aliphatic rings. The number of carbonyl (C=O) groups is 1. The number of nitrogens with zero attached hydrogens (tertiary/aromatic N) is 2. The molecule has 0 aliphatic heterocycles. The molecule has 0 fully saturated rings. The van der Waals surface area contributed by atoms with Crippen LogP contribution in [0.5, 0.6) is 5.75 Å². The zero-order chi connectivity index (χ0) is 14.7. The molecule has 0 saturated carbocycles. The number of hydrogen-bond acceptors (Lipinski definition) is 6. The lowest BCUT2D eigenvalue weighted by Crippen LogP contribution is -2.29. The van der Waals surface area contributed by atoms with E-state index in [0.29, 0.717) is 16.5 Å². The molecule has 6 nitrogen and oxygen atoms in total. The van der Waals surface area contributed by atoms with Gasteiger partial charge in [-0.3, -0.25) is 15.2 Å². The van der Waals surface area contributed by atoms with Crippen molar-refractivity contribution in [2.24, 2.45) is 5.84 Å². The first-order valence-electron chi connectivity index (χ1n) is 6.19. The van der Waals surface area contributed by atoms with Crippen molar-refractivity contribution < 1.29 is 9.53 Å². The van der Waals surface area contributed by atoms with Crippen molar-refractivity contribution in [3.05, 3.63) is 52.6 Å². The van der Waals surface area contributed by atoms with Gasteiger partial charge in [0.1, 0.15) is 12.4 Å². The van der Waals surface area contributed by atoms with E-state index in [0.717, 1.165) is 10.9 Å². The summed E-state index contributed by atoms with van der Waals surface area (Å²) in [4.78, 5) is 19.8. The summed E-state index contributed by atoms with van der Waals surface area (Å²) in [5.41, 5.74) is 3.64. The minimum absolute atomic E-state index is 0.272. The molecule has 3 aromatic rings. The topological polar surface area (TPSA) is 90.1 Å². The maximum Gasteiger partial charge on any atom is 0.294 e. The third-order valence-electron chi connectivity index (χ3n) is 2.83. The Morgan fingerprint density at radius 3 is 3.10 bits per heavy atom. The molecular formula is C14H12N4O2S. The van der Waals surface area contributed by atoms with Gasteiger partial charge in [-0.2, -0.15) is 0 Å². The molecule has 7 heteroatoms. The summed E-state index contributed by atoms with van der Waals surface area (Å²) in [6.07, 6.45) is 1.67. The Morgan fingerprint density at radius 2 is 2.24 bits per heavy atom. The molecular weight excluding hydrogens is 288 g/mol. The third-order valence-corrected chi connectivity index (χ3v) is 3.72. The van der Waals surface area contributed by atoms with Crippen molar-refractivity contribution in [3.8, 4) is 5.75 Å². The number of ether oxygens (including phenoxy) is 1. The number of nitrogens with one attached hydrogen (secondary N) is 1. The summed E-state index contributed by atoms with van der Waals surface area (Å²) in [7, 11) is 0. The first-order valence-corrected chi connectivity index (χ1v) is 7.07. The van der Waals surface area contributed by atoms with Crippen molar-refractivity contribution in [1.29, 1.82) is 0 Å². The van der Waals surface area contributed by atoms with E-state index in [1.165, 1.54) is 11.3 Å². The molecule has 0 aliphatic carbocycles. The summed E-state index contributed by atoms with van der Waals surface area (Å²) in [5, 5.41) is 3.09. The fourth-order valence-electron chi connectivity index (χ4n) is 1.83. The minimum atomic E-state index is -0.404. The quantitative estimate of drug-likeness (QED) is 0.436. The van der Waals surface area contributed by atoms with E-state index in [4.69, 9.17) is 10.6 Å². The first-order chi connectivity index (χ1) is 10.3. The number of fused-ring (bicyclic) bond motifs is 1. The highest BCUT2D eigenvalue weighted by Crippen LogP contribution is 2.19. The normalized spacial score (nSPS) is 10.5. The van der Waals surface area contributed by atoms with Crippen molar-refractivity contribution in [2.75, 3.05) is 0 Å². The van der Waals surface area contributed by atoms with Crippen molar-refractivity contribution in [3.63, 3.8) is 0 Å². The first kappa shape index (κ1) is 13.5. The number of carbonyl (C=O) groups excluding carboxylic acids is 1. The number of benzene rings is 1. The smallest absolute Gasteiger partial charge is 0.294 e. The number of pyridine rings is 1. The van der Waals surface area contributed by atoms with Crippen LogP contribution >= 0.6 is 11.3 Å². The van der Waals surface area contributed by atoms with E-state index in [-0.39, 0.29) is 6.61 Å². The van der Waals surface area contributed by atoms with Gasteiger partial charge in [-0.25, -0.2) is 10.8 Å². The Hall–Kier alpha value is -2.51. The lowest BCUT2D eigenvalue weighted by molar-refractivity contribution is 0.0953. The summed E-state index contributed by atoms with van der Waals surface area (Å²) >= 11 is 1.22. The molecule has 0 atom stereocenters. The van der Waals surface area contributed by atoms with Gasteiger partial charge in [0.15, 0.2) is 5.01 Å². The van der Waals surface area contributed by atoms with Gasteiger partial charge in [0.25, 0.3) is 5.91 Å². The molecule has 21 heavy (non-hydrogen) atoms. The average molecular weight is 300 g/mol. The predicted molar refractivity (Wildman–Crippen MR) is 79.8 cm³/mol.